The standard InChI is InChI=1S/C21H28N2O3S/c1-6-20(21(24)22-14-18-9-7-8-15(2)12-18)23(27(5,25)26)19-11-10-16(3)17(4)13-19/h7-13,20H,6,14H2,1-5H3,(H,22,24)/t20-/m0/s1. The second-order valence-electron chi connectivity index (χ2n) is 6.96. The third-order valence-electron chi connectivity index (χ3n) is 4.62. The molecule has 0 aromatic heterocycles. The van der Waals surface area contributed by atoms with Gasteiger partial charge in [-0.25, -0.2) is 8.42 Å². The van der Waals surface area contributed by atoms with E-state index in [2.05, 4.69) is 5.32 Å². The number of aryl methyl sites for hydroxylation is 3. The molecule has 0 saturated carbocycles. The maximum absolute atomic E-state index is 12.8. The lowest BCUT2D eigenvalue weighted by molar-refractivity contribution is -0.122. The fourth-order valence-corrected chi connectivity index (χ4v) is 4.26. The van der Waals surface area contributed by atoms with Crippen molar-refractivity contribution >= 4 is 21.6 Å². The van der Waals surface area contributed by atoms with Gasteiger partial charge in [0.1, 0.15) is 6.04 Å². The predicted octanol–water partition coefficient (Wildman–Crippen LogP) is 3.47. The maximum atomic E-state index is 12.8. The van der Waals surface area contributed by atoms with Gasteiger partial charge in [-0.15, -0.1) is 0 Å². The van der Waals surface area contributed by atoms with Crippen molar-refractivity contribution in [2.24, 2.45) is 0 Å². The second-order valence-corrected chi connectivity index (χ2v) is 8.82. The molecule has 0 bridgehead atoms. The zero-order chi connectivity index (χ0) is 20.2. The zero-order valence-electron chi connectivity index (χ0n) is 16.6. The summed E-state index contributed by atoms with van der Waals surface area (Å²) in [7, 11) is -3.62. The average Bonchev–Trinajstić information content (AvgIpc) is 2.59. The molecule has 0 aliphatic rings. The van der Waals surface area contributed by atoms with Crippen molar-refractivity contribution in [1.82, 2.24) is 5.32 Å². The topological polar surface area (TPSA) is 66.5 Å². The van der Waals surface area contributed by atoms with Gasteiger partial charge < -0.3 is 5.32 Å². The Kier molecular flexibility index (Phi) is 6.65. The zero-order valence-corrected chi connectivity index (χ0v) is 17.4. The third-order valence-corrected chi connectivity index (χ3v) is 5.80. The van der Waals surface area contributed by atoms with E-state index in [0.29, 0.717) is 18.7 Å². The van der Waals surface area contributed by atoms with E-state index in [-0.39, 0.29) is 5.91 Å². The van der Waals surface area contributed by atoms with E-state index in [1.54, 1.807) is 6.07 Å². The van der Waals surface area contributed by atoms with E-state index in [1.165, 1.54) is 4.31 Å². The Balaban J connectivity index is 2.28. The first kappa shape index (κ1) is 21.0. The molecule has 0 heterocycles. The van der Waals surface area contributed by atoms with Gasteiger partial charge in [0.25, 0.3) is 0 Å². The highest BCUT2D eigenvalue weighted by Gasteiger charge is 2.31. The summed E-state index contributed by atoms with van der Waals surface area (Å²) in [6.07, 6.45) is 1.51. The van der Waals surface area contributed by atoms with Crippen LogP contribution in [-0.4, -0.2) is 26.6 Å². The minimum atomic E-state index is -3.62. The van der Waals surface area contributed by atoms with E-state index in [4.69, 9.17) is 0 Å². The molecule has 0 radical (unpaired) electrons. The highest BCUT2D eigenvalue weighted by molar-refractivity contribution is 7.92. The van der Waals surface area contributed by atoms with E-state index in [0.717, 1.165) is 28.5 Å². The van der Waals surface area contributed by atoms with E-state index in [9.17, 15) is 13.2 Å². The molecule has 1 atom stereocenters. The van der Waals surface area contributed by atoms with Crippen LogP contribution in [0.3, 0.4) is 0 Å². The van der Waals surface area contributed by atoms with Crippen LogP contribution in [0.5, 0.6) is 0 Å². The van der Waals surface area contributed by atoms with Crippen molar-refractivity contribution in [3.8, 4) is 0 Å². The number of rotatable bonds is 7. The smallest absolute Gasteiger partial charge is 0.244 e. The molecular weight excluding hydrogens is 360 g/mol. The minimum Gasteiger partial charge on any atom is -0.350 e. The Morgan fingerprint density at radius 3 is 2.33 bits per heavy atom. The van der Waals surface area contributed by atoms with Crippen LogP contribution in [0.2, 0.25) is 0 Å². The quantitative estimate of drug-likeness (QED) is 0.790. The first-order valence-corrected chi connectivity index (χ1v) is 10.9. The molecule has 27 heavy (non-hydrogen) atoms. The SMILES string of the molecule is CC[C@@H](C(=O)NCc1cccc(C)c1)N(c1ccc(C)c(C)c1)S(C)(=O)=O. The molecule has 0 saturated heterocycles. The number of nitrogens with one attached hydrogen (secondary N) is 1. The Morgan fingerprint density at radius 2 is 1.78 bits per heavy atom. The molecule has 1 N–H and O–H groups in total. The number of anilines is 1. The predicted molar refractivity (Wildman–Crippen MR) is 110 cm³/mol. The van der Waals surface area contributed by atoms with Crippen LogP contribution in [0.1, 0.15) is 35.6 Å². The molecule has 2 aromatic rings. The highest BCUT2D eigenvalue weighted by atomic mass is 32.2. The fourth-order valence-electron chi connectivity index (χ4n) is 3.05. The summed E-state index contributed by atoms with van der Waals surface area (Å²) in [5, 5.41) is 2.88. The van der Waals surface area contributed by atoms with Crippen LogP contribution < -0.4 is 9.62 Å². The Hall–Kier alpha value is -2.34. The molecule has 1 amide bonds. The van der Waals surface area contributed by atoms with Gasteiger partial charge in [0.2, 0.25) is 15.9 Å². The molecule has 5 nitrogen and oxygen atoms in total. The minimum absolute atomic E-state index is 0.303. The summed E-state index contributed by atoms with van der Waals surface area (Å²) in [5.41, 5.74) is 4.66. The highest BCUT2D eigenvalue weighted by Crippen LogP contribution is 2.25. The van der Waals surface area contributed by atoms with Crippen molar-refractivity contribution in [1.29, 1.82) is 0 Å². The summed E-state index contributed by atoms with van der Waals surface area (Å²) in [4.78, 5) is 12.8. The van der Waals surface area contributed by atoms with Crippen LogP contribution in [0.25, 0.3) is 0 Å². The molecule has 0 unspecified atom stereocenters. The van der Waals surface area contributed by atoms with Crippen molar-refractivity contribution in [3.05, 3.63) is 64.7 Å². The summed E-state index contributed by atoms with van der Waals surface area (Å²) in [6.45, 7) is 8.07. The Bertz CT molecular complexity index is 923. The van der Waals surface area contributed by atoms with E-state index in [1.807, 2.05) is 64.1 Å². The molecular formula is C21H28N2O3S. The molecule has 0 fully saturated rings. The van der Waals surface area contributed by atoms with Crippen LogP contribution in [0.4, 0.5) is 5.69 Å². The van der Waals surface area contributed by atoms with Crippen molar-refractivity contribution in [2.75, 3.05) is 10.6 Å². The normalized spacial score (nSPS) is 12.5. The fraction of sp³-hybridized carbons (Fsp3) is 0.381. The molecule has 146 valence electrons. The molecule has 2 rings (SSSR count). The van der Waals surface area contributed by atoms with E-state index >= 15 is 0 Å². The molecule has 0 spiro atoms. The number of nitrogens with zero attached hydrogens (tertiary/aromatic N) is 1. The summed E-state index contributed by atoms with van der Waals surface area (Å²) in [5.74, 6) is -0.303. The van der Waals surface area contributed by atoms with Gasteiger partial charge >= 0.3 is 0 Å². The lowest BCUT2D eigenvalue weighted by atomic mass is 10.1. The Labute approximate surface area is 162 Å². The van der Waals surface area contributed by atoms with Crippen molar-refractivity contribution in [2.45, 2.75) is 46.7 Å². The van der Waals surface area contributed by atoms with Gasteiger partial charge in [0, 0.05) is 6.54 Å². The first-order chi connectivity index (χ1) is 12.6. The van der Waals surface area contributed by atoms with Gasteiger partial charge in [-0.1, -0.05) is 42.8 Å². The maximum Gasteiger partial charge on any atom is 0.244 e. The van der Waals surface area contributed by atoms with Crippen LogP contribution in [-0.2, 0) is 21.4 Å². The average molecular weight is 389 g/mol. The summed E-state index contributed by atoms with van der Waals surface area (Å²) < 4.78 is 26.2. The van der Waals surface area contributed by atoms with Crippen LogP contribution >= 0.6 is 0 Å². The van der Waals surface area contributed by atoms with Gasteiger partial charge in [-0.05, 0) is 56.0 Å². The van der Waals surface area contributed by atoms with Crippen LogP contribution in [0, 0.1) is 20.8 Å². The monoisotopic (exact) mass is 388 g/mol. The number of carbonyl (C=O) groups is 1. The van der Waals surface area contributed by atoms with Gasteiger partial charge in [0.15, 0.2) is 0 Å². The Morgan fingerprint density at radius 1 is 1.07 bits per heavy atom. The van der Waals surface area contributed by atoms with E-state index < -0.39 is 16.1 Å². The number of hydrogen-bond donors (Lipinski definition) is 1. The number of carbonyl (C=O) groups excluding carboxylic acids is 1. The number of sulfonamides is 1. The van der Waals surface area contributed by atoms with Crippen molar-refractivity contribution in [3.63, 3.8) is 0 Å². The summed E-state index contributed by atoms with van der Waals surface area (Å²) >= 11 is 0. The number of amides is 1. The first-order valence-electron chi connectivity index (χ1n) is 9.03. The molecule has 0 aliphatic carbocycles. The summed E-state index contributed by atoms with van der Waals surface area (Å²) in [6, 6.07) is 12.5. The van der Waals surface area contributed by atoms with Gasteiger partial charge in [-0.3, -0.25) is 9.10 Å². The van der Waals surface area contributed by atoms with Gasteiger partial charge in [-0.2, -0.15) is 0 Å². The number of hydrogen-bond acceptors (Lipinski definition) is 3. The third kappa shape index (κ3) is 5.32. The van der Waals surface area contributed by atoms with Crippen LogP contribution in [0.15, 0.2) is 42.5 Å². The second kappa shape index (κ2) is 8.57. The molecule has 0 aliphatic heterocycles. The lowest BCUT2D eigenvalue weighted by Gasteiger charge is -2.30. The van der Waals surface area contributed by atoms with Crippen molar-refractivity contribution < 1.29 is 13.2 Å². The molecule has 2 aromatic carbocycles. The molecule has 6 heteroatoms. The number of benzene rings is 2. The van der Waals surface area contributed by atoms with Gasteiger partial charge in [0.05, 0.1) is 11.9 Å². The largest absolute Gasteiger partial charge is 0.350 e. The lowest BCUT2D eigenvalue weighted by Crippen LogP contribution is -2.49.